The first kappa shape index (κ1) is 14.5. The lowest BCUT2D eigenvalue weighted by Crippen LogP contribution is -2.02. The van der Waals surface area contributed by atoms with Gasteiger partial charge in [-0.05, 0) is 18.2 Å². The van der Waals surface area contributed by atoms with Crippen LogP contribution in [0, 0.1) is 17.5 Å². The number of halogens is 4. The molecule has 21 heavy (non-hydrogen) atoms. The Kier molecular flexibility index (Phi) is 3.99. The predicted octanol–water partition coefficient (Wildman–Crippen LogP) is 5.39. The fourth-order valence-electron chi connectivity index (χ4n) is 2.05. The van der Waals surface area contributed by atoms with Crippen molar-refractivity contribution in [3.8, 4) is 0 Å². The minimum Gasteiger partial charge on any atom is -0.241 e. The molecule has 0 amide bonds. The maximum Gasteiger partial charge on any atom is 0.194 e. The number of alkyl halides is 1. The molecule has 3 aromatic rings. The van der Waals surface area contributed by atoms with Crippen molar-refractivity contribution in [3.63, 3.8) is 0 Å². The van der Waals surface area contributed by atoms with Crippen LogP contribution >= 0.6 is 27.3 Å². The third-order valence-electron chi connectivity index (χ3n) is 3.09. The summed E-state index contributed by atoms with van der Waals surface area (Å²) in [6.45, 7) is 0. The second kappa shape index (κ2) is 5.77. The van der Waals surface area contributed by atoms with Gasteiger partial charge in [-0.15, -0.1) is 11.3 Å². The van der Waals surface area contributed by atoms with Crippen molar-refractivity contribution in [2.24, 2.45) is 0 Å². The number of para-hydroxylation sites is 1. The maximum atomic E-state index is 13.8. The van der Waals surface area contributed by atoms with Crippen LogP contribution < -0.4 is 0 Å². The van der Waals surface area contributed by atoms with Gasteiger partial charge in [-0.25, -0.2) is 18.2 Å². The Labute approximate surface area is 131 Å². The number of nitrogens with zero attached hydrogens (tertiary/aromatic N) is 1. The zero-order valence-corrected chi connectivity index (χ0v) is 13.0. The molecule has 0 aliphatic heterocycles. The van der Waals surface area contributed by atoms with E-state index in [1.165, 1.54) is 17.4 Å². The molecular weight excluding hydrogens is 363 g/mol. The highest BCUT2D eigenvalue weighted by atomic mass is 79.9. The van der Waals surface area contributed by atoms with Crippen LogP contribution in [0.4, 0.5) is 13.2 Å². The smallest absolute Gasteiger partial charge is 0.194 e. The van der Waals surface area contributed by atoms with Gasteiger partial charge in [0.25, 0.3) is 0 Å². The van der Waals surface area contributed by atoms with Crippen LogP contribution in [-0.4, -0.2) is 4.98 Å². The molecule has 2 aromatic carbocycles. The third-order valence-corrected chi connectivity index (χ3v) is 4.97. The quantitative estimate of drug-likeness (QED) is 0.444. The molecule has 1 atom stereocenters. The minimum absolute atomic E-state index is 0.0909. The van der Waals surface area contributed by atoms with Crippen molar-refractivity contribution in [2.75, 3.05) is 0 Å². The van der Waals surface area contributed by atoms with Crippen LogP contribution in [0.15, 0.2) is 36.4 Å². The first-order chi connectivity index (χ1) is 10.1. The van der Waals surface area contributed by atoms with Gasteiger partial charge in [0.05, 0.1) is 15.2 Å². The fourth-order valence-corrected chi connectivity index (χ4v) is 3.94. The second-order valence-corrected chi connectivity index (χ2v) is 6.73. The molecule has 0 saturated carbocycles. The molecule has 0 aliphatic rings. The summed E-state index contributed by atoms with van der Waals surface area (Å²) in [5.74, 6) is -3.78. The first-order valence-corrected chi connectivity index (χ1v) is 7.91. The molecule has 108 valence electrons. The Morgan fingerprint density at radius 3 is 2.57 bits per heavy atom. The highest BCUT2D eigenvalue weighted by molar-refractivity contribution is 9.09. The Bertz CT molecular complexity index is 770. The lowest BCUT2D eigenvalue weighted by Gasteiger charge is -2.10. The predicted molar refractivity (Wildman–Crippen MR) is 81.3 cm³/mol. The highest BCUT2D eigenvalue weighted by Crippen LogP contribution is 2.33. The molecule has 1 unspecified atom stereocenters. The summed E-state index contributed by atoms with van der Waals surface area (Å²) in [5.41, 5.74) is 0.969. The van der Waals surface area contributed by atoms with Crippen molar-refractivity contribution < 1.29 is 13.2 Å². The monoisotopic (exact) mass is 371 g/mol. The van der Waals surface area contributed by atoms with Crippen LogP contribution in [-0.2, 0) is 6.42 Å². The molecule has 0 fully saturated rings. The van der Waals surface area contributed by atoms with E-state index in [0.29, 0.717) is 6.42 Å². The zero-order valence-electron chi connectivity index (χ0n) is 10.6. The van der Waals surface area contributed by atoms with Crippen molar-refractivity contribution >= 4 is 37.5 Å². The van der Waals surface area contributed by atoms with Crippen LogP contribution in [0.5, 0.6) is 0 Å². The first-order valence-electron chi connectivity index (χ1n) is 6.18. The van der Waals surface area contributed by atoms with Crippen LogP contribution in [0.2, 0.25) is 0 Å². The van der Waals surface area contributed by atoms with E-state index in [0.717, 1.165) is 21.3 Å². The molecule has 0 N–H and O–H groups in total. The molecule has 1 aromatic heterocycles. The van der Waals surface area contributed by atoms with Crippen LogP contribution in [0.1, 0.15) is 15.4 Å². The van der Waals surface area contributed by atoms with Gasteiger partial charge in [-0.1, -0.05) is 34.1 Å². The number of aromatic nitrogens is 1. The largest absolute Gasteiger partial charge is 0.241 e. The van der Waals surface area contributed by atoms with Gasteiger partial charge in [-0.3, -0.25) is 0 Å². The van der Waals surface area contributed by atoms with E-state index in [-0.39, 0.29) is 5.56 Å². The van der Waals surface area contributed by atoms with E-state index >= 15 is 0 Å². The van der Waals surface area contributed by atoms with E-state index < -0.39 is 22.3 Å². The number of thiazole rings is 1. The van der Waals surface area contributed by atoms with E-state index in [1.54, 1.807) is 0 Å². The topological polar surface area (TPSA) is 12.9 Å². The fraction of sp³-hybridized carbons (Fsp3) is 0.133. The summed E-state index contributed by atoms with van der Waals surface area (Å²) in [5, 5.41) is 0.808. The second-order valence-electron chi connectivity index (χ2n) is 4.51. The van der Waals surface area contributed by atoms with Crippen molar-refractivity contribution in [3.05, 3.63) is 64.4 Å². The molecule has 0 saturated heterocycles. The Morgan fingerprint density at radius 2 is 1.81 bits per heavy atom. The normalized spacial score (nSPS) is 12.8. The molecule has 0 radical (unpaired) electrons. The number of benzene rings is 2. The maximum absolute atomic E-state index is 13.8. The van der Waals surface area contributed by atoms with Gasteiger partial charge in [0.2, 0.25) is 0 Å². The summed E-state index contributed by atoms with van der Waals surface area (Å²) in [7, 11) is 0. The minimum atomic E-state index is -1.44. The molecule has 1 nitrogen and oxygen atoms in total. The van der Waals surface area contributed by atoms with E-state index in [4.69, 9.17) is 0 Å². The van der Waals surface area contributed by atoms with Gasteiger partial charge in [-0.2, -0.15) is 0 Å². The Hall–Kier alpha value is -1.40. The summed E-state index contributed by atoms with van der Waals surface area (Å²) < 4.78 is 41.0. The average molecular weight is 372 g/mol. The van der Waals surface area contributed by atoms with Crippen molar-refractivity contribution in [2.45, 2.75) is 11.2 Å². The van der Waals surface area contributed by atoms with E-state index in [1.807, 2.05) is 24.3 Å². The highest BCUT2D eigenvalue weighted by Gasteiger charge is 2.20. The molecule has 1 heterocycles. The van der Waals surface area contributed by atoms with Gasteiger partial charge < -0.3 is 0 Å². The standard InChI is InChI=1S/C15H9BrF3NS/c16-9(8-5-6-10(17)15(19)14(8)18)7-13-20-11-3-1-2-4-12(11)21-13/h1-6,9H,7H2. The molecule has 0 bridgehead atoms. The average Bonchev–Trinajstić information content (AvgIpc) is 2.86. The lowest BCUT2D eigenvalue weighted by atomic mass is 10.1. The number of fused-ring (bicyclic) bond motifs is 1. The van der Waals surface area contributed by atoms with Crippen molar-refractivity contribution in [1.29, 1.82) is 0 Å². The van der Waals surface area contributed by atoms with Crippen LogP contribution in [0.3, 0.4) is 0 Å². The number of rotatable bonds is 3. The number of hydrogen-bond acceptors (Lipinski definition) is 2. The number of hydrogen-bond donors (Lipinski definition) is 0. The van der Waals surface area contributed by atoms with E-state index in [2.05, 4.69) is 20.9 Å². The SMILES string of the molecule is Fc1ccc(C(Br)Cc2nc3ccccc3s2)c(F)c1F. The molecule has 3 rings (SSSR count). The third kappa shape index (κ3) is 2.82. The summed E-state index contributed by atoms with van der Waals surface area (Å²) >= 11 is 4.83. The summed E-state index contributed by atoms with van der Waals surface area (Å²) in [6, 6.07) is 9.85. The lowest BCUT2D eigenvalue weighted by molar-refractivity contribution is 0.440. The van der Waals surface area contributed by atoms with E-state index in [9.17, 15) is 13.2 Å². The Balaban J connectivity index is 1.89. The van der Waals surface area contributed by atoms with Gasteiger partial charge >= 0.3 is 0 Å². The molecule has 0 spiro atoms. The molecule has 6 heteroatoms. The summed E-state index contributed by atoms with van der Waals surface area (Å²) in [6.07, 6.45) is 0.404. The van der Waals surface area contributed by atoms with Crippen LogP contribution in [0.25, 0.3) is 10.2 Å². The van der Waals surface area contributed by atoms with Crippen molar-refractivity contribution in [1.82, 2.24) is 4.98 Å². The van der Waals surface area contributed by atoms with Gasteiger partial charge in [0.1, 0.15) is 0 Å². The molecule has 0 aliphatic carbocycles. The van der Waals surface area contributed by atoms with Gasteiger partial charge in [0, 0.05) is 16.8 Å². The zero-order chi connectivity index (χ0) is 15.0. The van der Waals surface area contributed by atoms with Gasteiger partial charge in [0.15, 0.2) is 17.5 Å². The summed E-state index contributed by atoms with van der Waals surface area (Å²) in [4.78, 5) is 3.98. The Morgan fingerprint density at radius 1 is 1.05 bits per heavy atom. The molecular formula is C15H9BrF3NS.